The molecule has 0 aliphatic rings. The molecule has 0 atom stereocenters. The van der Waals surface area contributed by atoms with Crippen LogP contribution in [0.5, 0.6) is 11.5 Å². The van der Waals surface area contributed by atoms with Crippen molar-refractivity contribution in [1.29, 1.82) is 0 Å². The molecule has 3 aromatic carbocycles. The van der Waals surface area contributed by atoms with Gasteiger partial charge in [-0.3, -0.25) is 9.10 Å². The standard InChI is InChI=1S/C23H23FN2O5S/c1-3-31-19-8-6-7-17(15-19)25-23(27)16-26(22-10-5-4-9-21(22)24)32(28,29)20-13-11-18(30-2)12-14-20/h4-15H,3,16H2,1-2H3,(H,25,27). The van der Waals surface area contributed by atoms with Crippen molar-refractivity contribution in [3.05, 3.63) is 78.6 Å². The van der Waals surface area contributed by atoms with Crippen molar-refractivity contribution >= 4 is 27.3 Å². The van der Waals surface area contributed by atoms with Crippen LogP contribution in [0.3, 0.4) is 0 Å². The van der Waals surface area contributed by atoms with Crippen molar-refractivity contribution in [3.63, 3.8) is 0 Å². The summed E-state index contributed by atoms with van der Waals surface area (Å²) in [6.45, 7) is 1.66. The van der Waals surface area contributed by atoms with E-state index in [1.54, 1.807) is 24.3 Å². The number of carbonyl (C=O) groups excluding carboxylic acids is 1. The molecule has 0 bridgehead atoms. The number of amides is 1. The van der Waals surface area contributed by atoms with E-state index < -0.39 is 28.3 Å². The molecule has 1 N–H and O–H groups in total. The number of sulfonamides is 1. The lowest BCUT2D eigenvalue weighted by Gasteiger charge is -2.24. The molecule has 0 aliphatic heterocycles. The van der Waals surface area contributed by atoms with E-state index in [1.807, 2.05) is 6.92 Å². The third-order valence-electron chi connectivity index (χ3n) is 4.48. The number of benzene rings is 3. The van der Waals surface area contributed by atoms with Gasteiger partial charge in [0.25, 0.3) is 10.0 Å². The number of para-hydroxylation sites is 1. The van der Waals surface area contributed by atoms with Crippen molar-refractivity contribution in [2.75, 3.05) is 29.9 Å². The zero-order chi connectivity index (χ0) is 23.1. The zero-order valence-corrected chi connectivity index (χ0v) is 18.4. The number of halogens is 1. The van der Waals surface area contributed by atoms with Crippen molar-refractivity contribution in [1.82, 2.24) is 0 Å². The third kappa shape index (κ3) is 5.36. The van der Waals surface area contributed by atoms with Gasteiger partial charge in [0.1, 0.15) is 23.9 Å². The predicted octanol–water partition coefficient (Wildman–Crippen LogP) is 4.07. The minimum Gasteiger partial charge on any atom is -0.497 e. The van der Waals surface area contributed by atoms with Crippen molar-refractivity contribution in [2.45, 2.75) is 11.8 Å². The van der Waals surface area contributed by atoms with E-state index in [0.717, 1.165) is 10.4 Å². The molecular weight excluding hydrogens is 435 g/mol. The Hall–Kier alpha value is -3.59. The number of rotatable bonds is 9. The minimum absolute atomic E-state index is 0.104. The molecule has 0 saturated carbocycles. The average Bonchev–Trinajstić information content (AvgIpc) is 2.78. The highest BCUT2D eigenvalue weighted by atomic mass is 32.2. The number of nitrogens with one attached hydrogen (secondary N) is 1. The van der Waals surface area contributed by atoms with Crippen LogP contribution in [0.1, 0.15) is 6.92 Å². The lowest BCUT2D eigenvalue weighted by molar-refractivity contribution is -0.114. The first kappa shape index (κ1) is 23.1. The molecule has 32 heavy (non-hydrogen) atoms. The maximum Gasteiger partial charge on any atom is 0.264 e. The smallest absolute Gasteiger partial charge is 0.264 e. The highest BCUT2D eigenvalue weighted by Crippen LogP contribution is 2.27. The number of methoxy groups -OCH3 is 1. The van der Waals surface area contributed by atoms with Crippen LogP contribution in [0.15, 0.2) is 77.7 Å². The summed E-state index contributed by atoms with van der Waals surface area (Å²) >= 11 is 0. The average molecular weight is 459 g/mol. The van der Waals surface area contributed by atoms with Crippen LogP contribution in [-0.4, -0.2) is 34.6 Å². The SMILES string of the molecule is CCOc1cccc(NC(=O)CN(c2ccccc2F)S(=O)(=O)c2ccc(OC)cc2)c1. The molecule has 0 radical (unpaired) electrons. The Morgan fingerprint density at radius 2 is 1.72 bits per heavy atom. The number of hydrogen-bond acceptors (Lipinski definition) is 5. The Balaban J connectivity index is 1.92. The number of nitrogens with zero attached hydrogens (tertiary/aromatic N) is 1. The molecule has 0 unspecified atom stereocenters. The fourth-order valence-electron chi connectivity index (χ4n) is 2.99. The van der Waals surface area contributed by atoms with Gasteiger partial charge in [-0.2, -0.15) is 0 Å². The Bertz CT molecular complexity index is 1180. The Kier molecular flexibility index (Phi) is 7.32. The Labute approximate surface area is 186 Å². The lowest BCUT2D eigenvalue weighted by atomic mass is 10.3. The van der Waals surface area contributed by atoms with Gasteiger partial charge in [-0.05, 0) is 55.5 Å². The van der Waals surface area contributed by atoms with Crippen molar-refractivity contribution in [3.8, 4) is 11.5 Å². The van der Waals surface area contributed by atoms with Crippen LogP contribution in [-0.2, 0) is 14.8 Å². The van der Waals surface area contributed by atoms with Gasteiger partial charge in [0.05, 0.1) is 24.3 Å². The Morgan fingerprint density at radius 3 is 2.38 bits per heavy atom. The van der Waals surface area contributed by atoms with Crippen LogP contribution < -0.4 is 19.1 Å². The molecule has 168 valence electrons. The molecule has 9 heteroatoms. The van der Waals surface area contributed by atoms with Gasteiger partial charge in [-0.15, -0.1) is 0 Å². The summed E-state index contributed by atoms with van der Waals surface area (Å²) in [5.74, 6) is -0.384. The van der Waals surface area contributed by atoms with Gasteiger partial charge in [0.2, 0.25) is 5.91 Å². The zero-order valence-electron chi connectivity index (χ0n) is 17.6. The van der Waals surface area contributed by atoms with Gasteiger partial charge in [0, 0.05) is 11.8 Å². The first-order valence-corrected chi connectivity index (χ1v) is 11.2. The topological polar surface area (TPSA) is 84.9 Å². The second kappa shape index (κ2) is 10.1. The molecule has 0 aliphatic carbocycles. The fourth-order valence-corrected chi connectivity index (χ4v) is 4.42. The summed E-state index contributed by atoms with van der Waals surface area (Å²) in [5.41, 5.74) is 0.192. The fraction of sp³-hybridized carbons (Fsp3) is 0.174. The summed E-state index contributed by atoms with van der Waals surface area (Å²) in [6.07, 6.45) is 0. The van der Waals surface area contributed by atoms with Crippen molar-refractivity contribution in [2.24, 2.45) is 0 Å². The van der Waals surface area contributed by atoms with E-state index in [4.69, 9.17) is 9.47 Å². The van der Waals surface area contributed by atoms with Gasteiger partial charge >= 0.3 is 0 Å². The summed E-state index contributed by atoms with van der Waals surface area (Å²) in [5, 5.41) is 2.63. The van der Waals surface area contributed by atoms with Gasteiger partial charge in [-0.1, -0.05) is 18.2 Å². The predicted molar refractivity (Wildman–Crippen MR) is 120 cm³/mol. The highest BCUT2D eigenvalue weighted by molar-refractivity contribution is 7.92. The Morgan fingerprint density at radius 1 is 1.00 bits per heavy atom. The maximum absolute atomic E-state index is 14.5. The minimum atomic E-state index is -4.25. The maximum atomic E-state index is 14.5. The van der Waals surface area contributed by atoms with E-state index in [1.165, 1.54) is 49.6 Å². The van der Waals surface area contributed by atoms with Gasteiger partial charge < -0.3 is 14.8 Å². The molecule has 0 aromatic heterocycles. The summed E-state index contributed by atoms with van der Waals surface area (Å²) in [6, 6.07) is 17.7. The molecule has 3 aromatic rings. The van der Waals surface area contributed by atoms with Gasteiger partial charge in [-0.25, -0.2) is 12.8 Å². The third-order valence-corrected chi connectivity index (χ3v) is 6.26. The molecule has 0 heterocycles. The summed E-state index contributed by atoms with van der Waals surface area (Å²) in [7, 11) is -2.80. The van der Waals surface area contributed by atoms with Crippen LogP contribution in [0.25, 0.3) is 0 Å². The monoisotopic (exact) mass is 458 g/mol. The van der Waals surface area contributed by atoms with E-state index >= 15 is 0 Å². The second-order valence-electron chi connectivity index (χ2n) is 6.65. The van der Waals surface area contributed by atoms with Crippen LogP contribution in [0, 0.1) is 5.82 Å². The van der Waals surface area contributed by atoms with E-state index in [2.05, 4.69) is 5.32 Å². The second-order valence-corrected chi connectivity index (χ2v) is 8.51. The summed E-state index contributed by atoms with van der Waals surface area (Å²) in [4.78, 5) is 12.7. The molecule has 0 spiro atoms. The number of ether oxygens (including phenoxy) is 2. The molecule has 1 amide bonds. The molecular formula is C23H23FN2O5S. The lowest BCUT2D eigenvalue weighted by Crippen LogP contribution is -2.38. The van der Waals surface area contributed by atoms with E-state index in [9.17, 15) is 17.6 Å². The molecule has 7 nitrogen and oxygen atoms in total. The molecule has 0 saturated heterocycles. The van der Waals surface area contributed by atoms with Crippen molar-refractivity contribution < 1.29 is 27.1 Å². The molecule has 3 rings (SSSR count). The van der Waals surface area contributed by atoms with E-state index in [0.29, 0.717) is 23.8 Å². The normalized spacial score (nSPS) is 11.0. The van der Waals surface area contributed by atoms with E-state index in [-0.39, 0.29) is 10.6 Å². The summed E-state index contributed by atoms with van der Waals surface area (Å²) < 4.78 is 52.4. The highest BCUT2D eigenvalue weighted by Gasteiger charge is 2.29. The molecule has 0 fully saturated rings. The number of carbonyl (C=O) groups is 1. The van der Waals surface area contributed by atoms with Crippen LogP contribution >= 0.6 is 0 Å². The number of anilines is 2. The number of hydrogen-bond donors (Lipinski definition) is 1. The van der Waals surface area contributed by atoms with Crippen LogP contribution in [0.4, 0.5) is 15.8 Å². The van der Waals surface area contributed by atoms with Gasteiger partial charge in [0.15, 0.2) is 0 Å². The first-order valence-electron chi connectivity index (χ1n) is 9.79. The quantitative estimate of drug-likeness (QED) is 0.523. The van der Waals surface area contributed by atoms with Crippen LogP contribution in [0.2, 0.25) is 0 Å². The first-order chi connectivity index (χ1) is 15.3. The largest absolute Gasteiger partial charge is 0.497 e.